The first-order chi connectivity index (χ1) is 6.20. The molecule has 0 fully saturated rings. The van der Waals surface area contributed by atoms with E-state index in [4.69, 9.17) is 0 Å². The molecule has 0 radical (unpaired) electrons. The van der Waals surface area contributed by atoms with E-state index in [9.17, 15) is 0 Å². The van der Waals surface area contributed by atoms with Crippen molar-refractivity contribution in [3.05, 3.63) is 30.1 Å². The molecule has 1 atom stereocenters. The molecule has 0 aromatic carbocycles. The standard InChI is InChI=1S/C11H16N2/c1-9(2)10(3)13-8-11-6-4-5-7-12-11/h4-10H,1-3H3. The molecule has 1 aromatic rings. The smallest absolute Gasteiger partial charge is 0.0807 e. The van der Waals surface area contributed by atoms with Gasteiger partial charge in [-0.3, -0.25) is 9.98 Å². The molecule has 0 saturated heterocycles. The Bertz CT molecular complexity index is 265. The van der Waals surface area contributed by atoms with Crippen LogP contribution in [0.25, 0.3) is 0 Å². The predicted octanol–water partition coefficient (Wildman–Crippen LogP) is 2.55. The summed E-state index contributed by atoms with van der Waals surface area (Å²) in [4.78, 5) is 8.57. The van der Waals surface area contributed by atoms with Gasteiger partial charge in [0.1, 0.15) is 0 Å². The normalized spacial score (nSPS) is 13.8. The summed E-state index contributed by atoms with van der Waals surface area (Å²) in [5.74, 6) is 0.583. The van der Waals surface area contributed by atoms with Crippen molar-refractivity contribution in [2.45, 2.75) is 26.8 Å². The number of hydrogen-bond donors (Lipinski definition) is 0. The maximum Gasteiger partial charge on any atom is 0.0807 e. The number of hydrogen-bond acceptors (Lipinski definition) is 2. The van der Waals surface area contributed by atoms with Gasteiger partial charge >= 0.3 is 0 Å². The first kappa shape index (κ1) is 9.90. The van der Waals surface area contributed by atoms with Crippen LogP contribution in [-0.2, 0) is 0 Å². The molecule has 0 spiro atoms. The molecule has 2 heteroatoms. The third kappa shape index (κ3) is 3.36. The number of aliphatic imine (C=N–C) groups is 1. The highest BCUT2D eigenvalue weighted by Gasteiger charge is 2.02. The van der Waals surface area contributed by atoms with Crippen LogP contribution in [0.3, 0.4) is 0 Å². The van der Waals surface area contributed by atoms with Crippen molar-refractivity contribution in [2.24, 2.45) is 10.9 Å². The number of rotatable bonds is 3. The summed E-state index contributed by atoms with van der Waals surface area (Å²) >= 11 is 0. The molecule has 2 nitrogen and oxygen atoms in total. The zero-order chi connectivity index (χ0) is 9.68. The summed E-state index contributed by atoms with van der Waals surface area (Å²) in [5, 5.41) is 0. The van der Waals surface area contributed by atoms with Gasteiger partial charge in [0.25, 0.3) is 0 Å². The van der Waals surface area contributed by atoms with E-state index in [1.54, 1.807) is 6.20 Å². The van der Waals surface area contributed by atoms with Crippen LogP contribution >= 0.6 is 0 Å². The van der Waals surface area contributed by atoms with Crippen LogP contribution in [0, 0.1) is 5.92 Å². The van der Waals surface area contributed by atoms with Gasteiger partial charge in [-0.1, -0.05) is 19.9 Å². The highest BCUT2D eigenvalue weighted by Crippen LogP contribution is 2.04. The van der Waals surface area contributed by atoms with Gasteiger partial charge in [-0.2, -0.15) is 0 Å². The van der Waals surface area contributed by atoms with Crippen LogP contribution in [0.4, 0.5) is 0 Å². The van der Waals surface area contributed by atoms with Crippen LogP contribution in [0.2, 0.25) is 0 Å². The molecule has 1 unspecified atom stereocenters. The molecule has 0 saturated carbocycles. The molecule has 0 aliphatic heterocycles. The summed E-state index contributed by atoms with van der Waals surface area (Å²) in [6.45, 7) is 6.45. The van der Waals surface area contributed by atoms with Crippen LogP contribution in [0.15, 0.2) is 29.4 Å². The van der Waals surface area contributed by atoms with Crippen molar-refractivity contribution in [1.82, 2.24) is 4.98 Å². The van der Waals surface area contributed by atoms with Crippen molar-refractivity contribution >= 4 is 6.21 Å². The van der Waals surface area contributed by atoms with E-state index < -0.39 is 0 Å². The van der Waals surface area contributed by atoms with Crippen molar-refractivity contribution in [3.63, 3.8) is 0 Å². The molecule has 1 heterocycles. The molecule has 70 valence electrons. The van der Waals surface area contributed by atoms with Crippen LogP contribution in [0.1, 0.15) is 26.5 Å². The van der Waals surface area contributed by atoms with E-state index in [-0.39, 0.29) is 0 Å². The lowest BCUT2D eigenvalue weighted by atomic mass is 10.1. The Morgan fingerprint density at radius 1 is 1.31 bits per heavy atom. The molecule has 13 heavy (non-hydrogen) atoms. The molecule has 0 aliphatic carbocycles. The highest BCUT2D eigenvalue weighted by atomic mass is 14.8. The molecule has 0 N–H and O–H groups in total. The lowest BCUT2D eigenvalue weighted by molar-refractivity contribution is 0.533. The third-order valence-electron chi connectivity index (χ3n) is 2.09. The van der Waals surface area contributed by atoms with Crippen molar-refractivity contribution in [3.8, 4) is 0 Å². The van der Waals surface area contributed by atoms with Crippen molar-refractivity contribution in [2.75, 3.05) is 0 Å². The predicted molar refractivity (Wildman–Crippen MR) is 56.1 cm³/mol. The van der Waals surface area contributed by atoms with E-state index in [0.717, 1.165) is 5.69 Å². The lowest BCUT2D eigenvalue weighted by Crippen LogP contribution is -2.07. The Morgan fingerprint density at radius 3 is 2.62 bits per heavy atom. The maximum atomic E-state index is 4.41. The van der Waals surface area contributed by atoms with Crippen molar-refractivity contribution < 1.29 is 0 Å². The van der Waals surface area contributed by atoms with Gasteiger partial charge < -0.3 is 0 Å². The minimum atomic E-state index is 0.363. The summed E-state index contributed by atoms with van der Waals surface area (Å²) in [5.41, 5.74) is 0.926. The quantitative estimate of drug-likeness (QED) is 0.650. The van der Waals surface area contributed by atoms with Crippen LogP contribution < -0.4 is 0 Å². The van der Waals surface area contributed by atoms with Crippen LogP contribution in [0.5, 0.6) is 0 Å². The number of nitrogens with zero attached hydrogens (tertiary/aromatic N) is 2. The van der Waals surface area contributed by atoms with Gasteiger partial charge in [0.05, 0.1) is 5.69 Å². The Kier molecular flexibility index (Phi) is 3.62. The molecular formula is C11H16N2. The molecular weight excluding hydrogens is 160 g/mol. The van der Waals surface area contributed by atoms with E-state index in [2.05, 4.69) is 30.7 Å². The van der Waals surface area contributed by atoms with Gasteiger partial charge in [0, 0.05) is 18.5 Å². The Balaban J connectivity index is 2.59. The van der Waals surface area contributed by atoms with E-state index in [1.165, 1.54) is 0 Å². The first-order valence-corrected chi connectivity index (χ1v) is 4.64. The molecule has 1 aromatic heterocycles. The first-order valence-electron chi connectivity index (χ1n) is 4.64. The zero-order valence-electron chi connectivity index (χ0n) is 8.44. The Morgan fingerprint density at radius 2 is 2.08 bits per heavy atom. The Hall–Kier alpha value is -1.18. The largest absolute Gasteiger partial charge is 0.288 e. The zero-order valence-corrected chi connectivity index (χ0v) is 8.44. The van der Waals surface area contributed by atoms with Gasteiger partial charge in [-0.25, -0.2) is 0 Å². The Labute approximate surface area is 79.7 Å². The van der Waals surface area contributed by atoms with E-state index in [1.807, 2.05) is 24.4 Å². The fourth-order valence-corrected chi connectivity index (χ4v) is 0.818. The van der Waals surface area contributed by atoms with E-state index in [0.29, 0.717) is 12.0 Å². The van der Waals surface area contributed by atoms with Crippen molar-refractivity contribution in [1.29, 1.82) is 0 Å². The minimum Gasteiger partial charge on any atom is -0.288 e. The number of pyridine rings is 1. The fourth-order valence-electron chi connectivity index (χ4n) is 0.818. The average Bonchev–Trinajstić information content (AvgIpc) is 2.15. The third-order valence-corrected chi connectivity index (χ3v) is 2.09. The molecule has 0 bridgehead atoms. The van der Waals surface area contributed by atoms with Gasteiger partial charge in [-0.15, -0.1) is 0 Å². The lowest BCUT2D eigenvalue weighted by Gasteiger charge is -2.08. The summed E-state index contributed by atoms with van der Waals surface area (Å²) < 4.78 is 0. The number of aromatic nitrogens is 1. The maximum absolute atomic E-state index is 4.41. The second-order valence-electron chi connectivity index (χ2n) is 3.52. The topological polar surface area (TPSA) is 25.2 Å². The fraction of sp³-hybridized carbons (Fsp3) is 0.455. The summed E-state index contributed by atoms with van der Waals surface area (Å²) in [7, 11) is 0. The molecule has 1 rings (SSSR count). The highest BCUT2D eigenvalue weighted by molar-refractivity contribution is 5.76. The summed E-state index contributed by atoms with van der Waals surface area (Å²) in [6, 6.07) is 6.19. The molecule has 0 aliphatic rings. The van der Waals surface area contributed by atoms with Gasteiger partial charge in [0.2, 0.25) is 0 Å². The minimum absolute atomic E-state index is 0.363. The summed E-state index contributed by atoms with van der Waals surface area (Å²) in [6.07, 6.45) is 3.62. The second-order valence-corrected chi connectivity index (χ2v) is 3.52. The van der Waals surface area contributed by atoms with Gasteiger partial charge in [-0.05, 0) is 25.0 Å². The second kappa shape index (κ2) is 4.75. The monoisotopic (exact) mass is 176 g/mol. The van der Waals surface area contributed by atoms with E-state index >= 15 is 0 Å². The average molecular weight is 176 g/mol. The SMILES string of the molecule is CC(C)C(C)N=Cc1ccccn1. The molecule has 0 amide bonds. The van der Waals surface area contributed by atoms with Crippen LogP contribution in [-0.4, -0.2) is 17.2 Å². The van der Waals surface area contributed by atoms with Gasteiger partial charge in [0.15, 0.2) is 0 Å².